The second-order valence-electron chi connectivity index (χ2n) is 8.10. The van der Waals surface area contributed by atoms with E-state index >= 15 is 0 Å². The van der Waals surface area contributed by atoms with Crippen molar-refractivity contribution in [3.05, 3.63) is 65.5 Å². The third kappa shape index (κ3) is 4.11. The summed E-state index contributed by atoms with van der Waals surface area (Å²) in [5.74, 6) is -0.354. The Morgan fingerprint density at radius 2 is 2.09 bits per heavy atom. The maximum Gasteiger partial charge on any atom is 0.322 e. The zero-order valence-electron chi connectivity index (χ0n) is 17.7. The van der Waals surface area contributed by atoms with Gasteiger partial charge in [-0.05, 0) is 72.7 Å². The van der Waals surface area contributed by atoms with Gasteiger partial charge in [-0.3, -0.25) is 0 Å². The van der Waals surface area contributed by atoms with E-state index in [4.69, 9.17) is 4.74 Å². The van der Waals surface area contributed by atoms with Crippen molar-refractivity contribution in [1.29, 1.82) is 0 Å². The number of aromatic nitrogens is 4. The number of carbonyl (C=O) groups is 1. The van der Waals surface area contributed by atoms with Crippen LogP contribution in [0.2, 0.25) is 0 Å². The van der Waals surface area contributed by atoms with Gasteiger partial charge in [0.25, 0.3) is 0 Å². The van der Waals surface area contributed by atoms with Crippen LogP contribution < -0.4 is 5.32 Å². The van der Waals surface area contributed by atoms with E-state index in [1.807, 2.05) is 25.1 Å². The van der Waals surface area contributed by atoms with Crippen molar-refractivity contribution in [2.45, 2.75) is 32.4 Å². The summed E-state index contributed by atoms with van der Waals surface area (Å²) in [7, 11) is 0. The third-order valence-corrected chi connectivity index (χ3v) is 5.69. The maximum absolute atomic E-state index is 13.3. The van der Waals surface area contributed by atoms with Gasteiger partial charge in [0.15, 0.2) is 5.65 Å². The largest absolute Gasteiger partial charge is 0.376 e. The van der Waals surface area contributed by atoms with Gasteiger partial charge in [0.05, 0.1) is 18.2 Å². The van der Waals surface area contributed by atoms with Crippen molar-refractivity contribution in [2.24, 2.45) is 0 Å². The number of carbonyl (C=O) groups excluding carboxylic acids is 1. The molecule has 3 heterocycles. The number of nitrogens with zero attached hydrogens (tertiary/aromatic N) is 5. The molecule has 1 saturated heterocycles. The highest BCUT2D eigenvalue weighted by Gasteiger charge is 2.24. The molecule has 2 aromatic carbocycles. The molecule has 164 valence electrons. The van der Waals surface area contributed by atoms with Crippen LogP contribution in [0.5, 0.6) is 0 Å². The van der Waals surface area contributed by atoms with Crippen LogP contribution in [0.15, 0.2) is 48.5 Å². The summed E-state index contributed by atoms with van der Waals surface area (Å²) in [5, 5.41) is 16.0. The fourth-order valence-electron chi connectivity index (χ4n) is 4.10. The molecule has 0 saturated carbocycles. The monoisotopic (exact) mass is 434 g/mol. The van der Waals surface area contributed by atoms with Crippen LogP contribution >= 0.6 is 0 Å². The lowest BCUT2D eigenvalue weighted by molar-refractivity contribution is 0.0820. The summed E-state index contributed by atoms with van der Waals surface area (Å²) in [4.78, 5) is 14.9. The van der Waals surface area contributed by atoms with Crippen LogP contribution in [0.25, 0.3) is 16.6 Å². The Balaban J connectivity index is 1.48. The Labute approximate surface area is 184 Å². The van der Waals surface area contributed by atoms with E-state index in [1.54, 1.807) is 9.42 Å². The number of rotatable bonds is 5. The number of aryl methyl sites for hydroxylation is 1. The van der Waals surface area contributed by atoms with Gasteiger partial charge in [-0.25, -0.2) is 9.18 Å². The van der Waals surface area contributed by atoms with Gasteiger partial charge in [-0.15, -0.1) is 5.10 Å². The molecule has 0 aliphatic carbocycles. The standard InChI is InChI=1S/C23H23FN6O2/c1-15-4-9-21-16(11-15)12-17(22-26-27-28-30(21)22)13-29(14-20-3-2-10-32-20)23(31)25-19-7-5-18(24)6-8-19/h4-9,11-12,20H,2-3,10,13-14H2,1H3,(H,25,31). The van der Waals surface area contributed by atoms with E-state index in [0.717, 1.165) is 34.9 Å². The lowest BCUT2D eigenvalue weighted by Crippen LogP contribution is -2.39. The predicted molar refractivity (Wildman–Crippen MR) is 118 cm³/mol. The van der Waals surface area contributed by atoms with E-state index < -0.39 is 0 Å². The molecule has 1 atom stereocenters. The summed E-state index contributed by atoms with van der Waals surface area (Å²) in [6.07, 6.45) is 1.86. The molecule has 8 nitrogen and oxygen atoms in total. The van der Waals surface area contributed by atoms with E-state index in [-0.39, 0.29) is 18.0 Å². The number of ether oxygens (including phenoxy) is 1. The summed E-state index contributed by atoms with van der Waals surface area (Å²) in [6, 6.07) is 13.5. The van der Waals surface area contributed by atoms with Gasteiger partial charge >= 0.3 is 6.03 Å². The van der Waals surface area contributed by atoms with Gasteiger partial charge in [0.2, 0.25) is 0 Å². The van der Waals surface area contributed by atoms with Crippen LogP contribution in [-0.2, 0) is 11.3 Å². The highest BCUT2D eigenvalue weighted by Crippen LogP contribution is 2.23. The molecule has 2 amide bonds. The fraction of sp³-hybridized carbons (Fsp3) is 0.304. The number of pyridine rings is 1. The molecule has 1 aliphatic heterocycles. The molecule has 0 spiro atoms. The van der Waals surface area contributed by atoms with Crippen molar-refractivity contribution in [3.63, 3.8) is 0 Å². The van der Waals surface area contributed by atoms with Gasteiger partial charge in [-0.1, -0.05) is 11.6 Å². The number of anilines is 1. The zero-order valence-corrected chi connectivity index (χ0v) is 17.7. The summed E-state index contributed by atoms with van der Waals surface area (Å²) in [6.45, 7) is 3.47. The van der Waals surface area contributed by atoms with Gasteiger partial charge in [-0.2, -0.15) is 4.52 Å². The minimum Gasteiger partial charge on any atom is -0.376 e. The number of amides is 2. The average molecular weight is 434 g/mol. The zero-order chi connectivity index (χ0) is 22.1. The van der Waals surface area contributed by atoms with E-state index in [0.29, 0.717) is 31.0 Å². The predicted octanol–water partition coefficient (Wildman–Crippen LogP) is 3.94. The minimum absolute atomic E-state index is 0.0244. The van der Waals surface area contributed by atoms with Crippen molar-refractivity contribution in [1.82, 2.24) is 24.9 Å². The van der Waals surface area contributed by atoms with Crippen LogP contribution in [0, 0.1) is 12.7 Å². The van der Waals surface area contributed by atoms with Crippen LogP contribution in [-0.4, -0.2) is 50.2 Å². The van der Waals surface area contributed by atoms with E-state index in [9.17, 15) is 9.18 Å². The van der Waals surface area contributed by atoms with Crippen molar-refractivity contribution in [2.75, 3.05) is 18.5 Å². The molecular formula is C23H23FN6O2. The Morgan fingerprint density at radius 3 is 2.88 bits per heavy atom. The van der Waals surface area contributed by atoms with Crippen molar-refractivity contribution < 1.29 is 13.9 Å². The highest BCUT2D eigenvalue weighted by molar-refractivity contribution is 5.90. The first-order valence-electron chi connectivity index (χ1n) is 10.6. The number of hydrogen-bond donors (Lipinski definition) is 1. The molecule has 1 unspecified atom stereocenters. The van der Waals surface area contributed by atoms with E-state index in [1.165, 1.54) is 24.3 Å². The highest BCUT2D eigenvalue weighted by atomic mass is 19.1. The van der Waals surface area contributed by atoms with Gasteiger partial charge in [0.1, 0.15) is 5.82 Å². The van der Waals surface area contributed by atoms with E-state index in [2.05, 4.69) is 26.9 Å². The maximum atomic E-state index is 13.3. The molecule has 2 aromatic heterocycles. The number of tetrazole rings is 1. The number of urea groups is 1. The second kappa shape index (κ2) is 8.51. The third-order valence-electron chi connectivity index (χ3n) is 5.69. The summed E-state index contributed by atoms with van der Waals surface area (Å²) < 4.78 is 20.7. The van der Waals surface area contributed by atoms with Gasteiger partial charge in [0, 0.05) is 29.8 Å². The first-order chi connectivity index (χ1) is 15.6. The SMILES string of the molecule is Cc1ccc2c(c1)cc(CN(CC1CCCO1)C(=O)Nc1ccc(F)cc1)c1nnnn12. The molecule has 1 fully saturated rings. The quantitative estimate of drug-likeness (QED) is 0.514. The topological polar surface area (TPSA) is 84.6 Å². The molecule has 0 radical (unpaired) electrons. The number of nitrogens with one attached hydrogen (secondary N) is 1. The van der Waals surface area contributed by atoms with Crippen LogP contribution in [0.3, 0.4) is 0 Å². The Hall–Kier alpha value is -3.59. The molecule has 4 aromatic rings. The first kappa shape index (κ1) is 20.3. The molecule has 5 rings (SSSR count). The average Bonchev–Trinajstić information content (AvgIpc) is 3.47. The summed E-state index contributed by atoms with van der Waals surface area (Å²) in [5.41, 5.74) is 3.99. The Kier molecular flexibility index (Phi) is 5.40. The fourth-order valence-corrected chi connectivity index (χ4v) is 4.10. The number of halogens is 1. The molecule has 32 heavy (non-hydrogen) atoms. The molecule has 9 heteroatoms. The lowest BCUT2D eigenvalue weighted by atomic mass is 10.1. The molecule has 1 N–H and O–H groups in total. The summed E-state index contributed by atoms with van der Waals surface area (Å²) >= 11 is 0. The first-order valence-corrected chi connectivity index (χ1v) is 10.6. The second-order valence-corrected chi connectivity index (χ2v) is 8.10. The van der Waals surface area contributed by atoms with Crippen molar-refractivity contribution in [3.8, 4) is 0 Å². The Bertz CT molecular complexity index is 1270. The smallest absolute Gasteiger partial charge is 0.322 e. The molecular weight excluding hydrogens is 411 g/mol. The van der Waals surface area contributed by atoms with Crippen LogP contribution in [0.1, 0.15) is 24.0 Å². The normalized spacial score (nSPS) is 16.0. The molecule has 1 aliphatic rings. The molecule has 0 bridgehead atoms. The lowest BCUT2D eigenvalue weighted by Gasteiger charge is -2.26. The Morgan fingerprint density at radius 1 is 1.25 bits per heavy atom. The number of benzene rings is 2. The minimum atomic E-state index is -0.354. The number of hydrogen-bond acceptors (Lipinski definition) is 5. The van der Waals surface area contributed by atoms with Crippen LogP contribution in [0.4, 0.5) is 14.9 Å². The number of fused-ring (bicyclic) bond motifs is 3. The van der Waals surface area contributed by atoms with Crippen molar-refractivity contribution >= 4 is 28.3 Å². The van der Waals surface area contributed by atoms with Gasteiger partial charge < -0.3 is 15.0 Å².